The fraction of sp³-hybridized carbons (Fsp3) is 0.600. The zero-order chi connectivity index (χ0) is 15.5. The van der Waals surface area contributed by atoms with Crippen LogP contribution in [-0.2, 0) is 16.4 Å². The number of sulfone groups is 1. The average Bonchev–Trinajstić information content (AvgIpc) is 2.79. The van der Waals surface area contributed by atoms with Gasteiger partial charge in [0.05, 0.1) is 11.5 Å². The van der Waals surface area contributed by atoms with E-state index >= 15 is 0 Å². The van der Waals surface area contributed by atoms with Gasteiger partial charge in [0.1, 0.15) is 0 Å². The van der Waals surface area contributed by atoms with Crippen molar-refractivity contribution in [3.63, 3.8) is 0 Å². The predicted octanol–water partition coefficient (Wildman–Crippen LogP) is 2.57. The number of nitrogens with zero attached hydrogens (tertiary/aromatic N) is 1. The molecule has 1 unspecified atom stereocenters. The Morgan fingerprint density at radius 3 is 2.81 bits per heavy atom. The van der Waals surface area contributed by atoms with Crippen LogP contribution in [0.15, 0.2) is 22.7 Å². The van der Waals surface area contributed by atoms with Crippen molar-refractivity contribution in [1.82, 2.24) is 5.32 Å². The number of halogens is 1. The molecule has 0 amide bonds. The minimum atomic E-state index is -2.86. The molecule has 1 atom stereocenters. The van der Waals surface area contributed by atoms with Gasteiger partial charge in [-0.15, -0.1) is 0 Å². The zero-order valence-corrected chi connectivity index (χ0v) is 15.0. The average molecular weight is 375 g/mol. The topological polar surface area (TPSA) is 49.4 Å². The maximum atomic E-state index is 11.7. The van der Waals surface area contributed by atoms with Crippen molar-refractivity contribution in [2.24, 2.45) is 0 Å². The molecule has 0 saturated carbocycles. The molecule has 0 aromatic heterocycles. The van der Waals surface area contributed by atoms with E-state index in [1.54, 1.807) is 0 Å². The molecule has 1 aliphatic heterocycles. The third-order valence-corrected chi connectivity index (χ3v) is 6.16. The molecule has 1 N–H and O–H groups in total. The molecule has 0 spiro atoms. The van der Waals surface area contributed by atoms with Crippen LogP contribution >= 0.6 is 15.9 Å². The molecule has 2 rings (SSSR count). The third-order valence-electron chi connectivity index (χ3n) is 3.92. The molecule has 6 heteroatoms. The van der Waals surface area contributed by atoms with Crippen molar-refractivity contribution in [2.75, 3.05) is 30.0 Å². The Bertz CT molecular complexity index is 589. The Morgan fingerprint density at radius 1 is 1.43 bits per heavy atom. The van der Waals surface area contributed by atoms with Crippen LogP contribution in [0.5, 0.6) is 0 Å². The normalized spacial score (nSPS) is 20.6. The van der Waals surface area contributed by atoms with E-state index in [-0.39, 0.29) is 11.8 Å². The van der Waals surface area contributed by atoms with E-state index < -0.39 is 9.84 Å². The second-order valence-electron chi connectivity index (χ2n) is 5.62. The van der Waals surface area contributed by atoms with Crippen molar-refractivity contribution < 1.29 is 8.42 Å². The van der Waals surface area contributed by atoms with E-state index in [0.717, 1.165) is 36.1 Å². The van der Waals surface area contributed by atoms with Gasteiger partial charge in [-0.25, -0.2) is 8.42 Å². The largest absolute Gasteiger partial charge is 0.370 e. The summed E-state index contributed by atoms with van der Waals surface area (Å²) in [5, 5.41) is 3.41. The summed E-state index contributed by atoms with van der Waals surface area (Å²) in [7, 11) is -0.859. The molecule has 1 fully saturated rings. The van der Waals surface area contributed by atoms with E-state index in [4.69, 9.17) is 0 Å². The van der Waals surface area contributed by atoms with Crippen molar-refractivity contribution in [2.45, 2.75) is 32.4 Å². The van der Waals surface area contributed by atoms with Crippen molar-refractivity contribution >= 4 is 31.5 Å². The molecule has 21 heavy (non-hydrogen) atoms. The van der Waals surface area contributed by atoms with Crippen LogP contribution in [0.1, 0.15) is 25.3 Å². The van der Waals surface area contributed by atoms with Crippen LogP contribution in [0, 0.1) is 0 Å². The van der Waals surface area contributed by atoms with E-state index in [2.05, 4.69) is 45.2 Å². The zero-order valence-electron chi connectivity index (χ0n) is 12.6. The van der Waals surface area contributed by atoms with Gasteiger partial charge in [0.15, 0.2) is 9.84 Å². The molecule has 1 aliphatic rings. The Labute approximate surface area is 136 Å². The highest BCUT2D eigenvalue weighted by molar-refractivity contribution is 9.10. The number of hydrogen-bond acceptors (Lipinski definition) is 4. The number of hydrogen-bond donors (Lipinski definition) is 1. The first-order valence-electron chi connectivity index (χ1n) is 7.35. The summed E-state index contributed by atoms with van der Waals surface area (Å²) in [5.41, 5.74) is 2.31. The highest BCUT2D eigenvalue weighted by atomic mass is 79.9. The molecule has 4 nitrogen and oxygen atoms in total. The Hall–Kier alpha value is -0.590. The van der Waals surface area contributed by atoms with E-state index in [1.807, 2.05) is 13.1 Å². The second kappa shape index (κ2) is 7.11. The van der Waals surface area contributed by atoms with Crippen LogP contribution in [0.25, 0.3) is 0 Å². The van der Waals surface area contributed by atoms with Gasteiger partial charge in [0.25, 0.3) is 0 Å². The van der Waals surface area contributed by atoms with Gasteiger partial charge in [-0.3, -0.25) is 0 Å². The first-order chi connectivity index (χ1) is 9.93. The van der Waals surface area contributed by atoms with Gasteiger partial charge in [-0.2, -0.15) is 0 Å². The molecule has 0 radical (unpaired) electrons. The Balaban J connectivity index is 2.17. The molecule has 1 aromatic carbocycles. The minimum Gasteiger partial charge on any atom is -0.370 e. The van der Waals surface area contributed by atoms with Crippen molar-refractivity contribution in [1.29, 1.82) is 0 Å². The van der Waals surface area contributed by atoms with E-state index in [1.165, 1.54) is 5.56 Å². The molecule has 0 bridgehead atoms. The van der Waals surface area contributed by atoms with Gasteiger partial charge < -0.3 is 10.2 Å². The number of nitrogens with one attached hydrogen (secondary N) is 1. The monoisotopic (exact) mass is 374 g/mol. The fourth-order valence-corrected chi connectivity index (χ4v) is 4.90. The summed E-state index contributed by atoms with van der Waals surface area (Å²) in [6, 6.07) is 6.27. The Morgan fingerprint density at radius 2 is 2.19 bits per heavy atom. The standard InChI is InChI=1S/C15H23BrN2O2S/c1-3-7-17-10-12-9-13(16)4-5-15(12)18(2)14-6-8-21(19,20)11-14/h4-5,9,14,17H,3,6-8,10-11H2,1-2H3. The van der Waals surface area contributed by atoms with Gasteiger partial charge in [-0.1, -0.05) is 22.9 Å². The second-order valence-corrected chi connectivity index (χ2v) is 8.76. The van der Waals surface area contributed by atoms with Gasteiger partial charge in [0, 0.05) is 29.8 Å². The van der Waals surface area contributed by atoms with Crippen LogP contribution < -0.4 is 10.2 Å². The fourth-order valence-electron chi connectivity index (χ4n) is 2.72. The molecule has 1 aromatic rings. The first kappa shape index (κ1) is 16.8. The number of benzene rings is 1. The summed E-state index contributed by atoms with van der Waals surface area (Å²) in [4.78, 5) is 2.12. The third kappa shape index (κ3) is 4.44. The lowest BCUT2D eigenvalue weighted by atomic mass is 10.1. The van der Waals surface area contributed by atoms with E-state index in [9.17, 15) is 8.42 Å². The van der Waals surface area contributed by atoms with Gasteiger partial charge in [-0.05, 0) is 43.1 Å². The van der Waals surface area contributed by atoms with E-state index in [0.29, 0.717) is 5.75 Å². The molecule has 118 valence electrons. The maximum absolute atomic E-state index is 11.7. The lowest BCUT2D eigenvalue weighted by Gasteiger charge is -2.28. The van der Waals surface area contributed by atoms with Crippen molar-refractivity contribution in [3.8, 4) is 0 Å². The lowest BCUT2D eigenvalue weighted by molar-refractivity contribution is 0.600. The highest BCUT2D eigenvalue weighted by Crippen LogP contribution is 2.28. The van der Waals surface area contributed by atoms with Gasteiger partial charge in [0.2, 0.25) is 0 Å². The summed E-state index contributed by atoms with van der Waals surface area (Å²) < 4.78 is 24.4. The predicted molar refractivity (Wildman–Crippen MR) is 91.6 cm³/mol. The molecule has 1 saturated heterocycles. The maximum Gasteiger partial charge on any atom is 0.152 e. The quantitative estimate of drug-likeness (QED) is 0.777. The van der Waals surface area contributed by atoms with Crippen LogP contribution in [0.4, 0.5) is 5.69 Å². The van der Waals surface area contributed by atoms with Crippen LogP contribution in [0.3, 0.4) is 0 Å². The highest BCUT2D eigenvalue weighted by Gasteiger charge is 2.31. The molecule has 0 aliphatic carbocycles. The van der Waals surface area contributed by atoms with Crippen molar-refractivity contribution in [3.05, 3.63) is 28.2 Å². The number of rotatable bonds is 6. The van der Waals surface area contributed by atoms with Crippen LogP contribution in [0.2, 0.25) is 0 Å². The molecule has 1 heterocycles. The Kier molecular flexibility index (Phi) is 5.68. The van der Waals surface area contributed by atoms with Gasteiger partial charge >= 0.3 is 0 Å². The number of anilines is 1. The SMILES string of the molecule is CCCNCc1cc(Br)ccc1N(C)C1CCS(=O)(=O)C1. The van der Waals surface area contributed by atoms with Crippen LogP contribution in [-0.4, -0.2) is 39.6 Å². The molecular weight excluding hydrogens is 352 g/mol. The minimum absolute atomic E-state index is 0.0844. The lowest BCUT2D eigenvalue weighted by Crippen LogP contribution is -2.33. The summed E-state index contributed by atoms with van der Waals surface area (Å²) in [6.07, 6.45) is 1.82. The first-order valence-corrected chi connectivity index (χ1v) is 9.97. The summed E-state index contributed by atoms with van der Waals surface area (Å²) >= 11 is 3.51. The smallest absolute Gasteiger partial charge is 0.152 e. The summed E-state index contributed by atoms with van der Waals surface area (Å²) in [5.74, 6) is 0.573. The summed E-state index contributed by atoms with van der Waals surface area (Å²) in [6.45, 7) is 3.92. The molecular formula is C15H23BrN2O2S.